The molecule has 0 bridgehead atoms. The van der Waals surface area contributed by atoms with Crippen LogP contribution in [0.5, 0.6) is 0 Å². The molecule has 4 heteroatoms. The van der Waals surface area contributed by atoms with Gasteiger partial charge in [0.2, 0.25) is 0 Å². The Bertz CT molecular complexity index is 341. The topological polar surface area (TPSA) is 35.8 Å². The summed E-state index contributed by atoms with van der Waals surface area (Å²) in [6, 6.07) is 8.03. The van der Waals surface area contributed by atoms with Crippen LogP contribution < -0.4 is 5.32 Å². The fourth-order valence-corrected chi connectivity index (χ4v) is 1.07. The van der Waals surface area contributed by atoms with Crippen molar-refractivity contribution >= 4 is 0 Å². The van der Waals surface area contributed by atoms with Crippen LogP contribution in [0.2, 0.25) is 0 Å². The molecule has 0 aliphatic heterocycles. The summed E-state index contributed by atoms with van der Waals surface area (Å²) >= 11 is 0. The second-order valence-electron chi connectivity index (χ2n) is 3.31. The van der Waals surface area contributed by atoms with Gasteiger partial charge < -0.3 is 5.32 Å². The Morgan fingerprint density at radius 3 is 2.40 bits per heavy atom. The quantitative estimate of drug-likeness (QED) is 0.827. The number of nitrogens with zero attached hydrogens (tertiary/aromatic N) is 1. The first-order valence-corrected chi connectivity index (χ1v) is 4.64. The lowest BCUT2D eigenvalue weighted by Gasteiger charge is -2.12. The van der Waals surface area contributed by atoms with Crippen LogP contribution in [0.1, 0.15) is 18.1 Å². The lowest BCUT2D eigenvalue weighted by Crippen LogP contribution is -2.31. The first-order chi connectivity index (χ1) is 7.13. The summed E-state index contributed by atoms with van der Waals surface area (Å²) in [5, 5.41) is 11.3. The summed E-state index contributed by atoms with van der Waals surface area (Å²) < 4.78 is 24.3. The molecular weight excluding hydrogens is 198 g/mol. The average molecular weight is 210 g/mol. The Morgan fingerprint density at radius 1 is 1.33 bits per heavy atom. The standard InChI is InChI=1S/C11H12F2N2/c1-8(11(12)13)15-7-10-4-2-9(6-14)3-5-10/h2-5,8,11,15H,7H2,1H3. The smallest absolute Gasteiger partial charge is 0.253 e. The van der Waals surface area contributed by atoms with Crippen LogP contribution in [0, 0.1) is 11.3 Å². The van der Waals surface area contributed by atoms with Gasteiger partial charge in [-0.3, -0.25) is 0 Å². The predicted octanol–water partition coefficient (Wildman–Crippen LogP) is 2.30. The maximum Gasteiger partial charge on any atom is 0.253 e. The molecule has 0 fully saturated rings. The lowest BCUT2D eigenvalue weighted by atomic mass is 10.1. The molecule has 0 aromatic heterocycles. The average Bonchev–Trinajstić information content (AvgIpc) is 2.26. The molecule has 0 spiro atoms. The molecule has 0 aliphatic rings. The molecule has 0 amide bonds. The van der Waals surface area contributed by atoms with Crippen molar-refractivity contribution < 1.29 is 8.78 Å². The van der Waals surface area contributed by atoms with Crippen LogP contribution in [0.3, 0.4) is 0 Å². The van der Waals surface area contributed by atoms with E-state index in [1.807, 2.05) is 6.07 Å². The summed E-state index contributed by atoms with van der Waals surface area (Å²) in [5.74, 6) is 0. The third-order valence-corrected chi connectivity index (χ3v) is 2.09. The highest BCUT2D eigenvalue weighted by Crippen LogP contribution is 2.05. The first kappa shape index (κ1) is 11.6. The Kier molecular flexibility index (Phi) is 4.19. The van der Waals surface area contributed by atoms with Crippen LogP contribution >= 0.6 is 0 Å². The summed E-state index contributed by atoms with van der Waals surface area (Å²) in [6.07, 6.45) is -2.36. The van der Waals surface area contributed by atoms with Crippen LogP contribution in [0.25, 0.3) is 0 Å². The molecule has 0 aliphatic carbocycles. The van der Waals surface area contributed by atoms with Crippen molar-refractivity contribution in [2.45, 2.75) is 25.9 Å². The van der Waals surface area contributed by atoms with E-state index in [-0.39, 0.29) is 0 Å². The molecule has 0 saturated carbocycles. The van der Waals surface area contributed by atoms with Gasteiger partial charge >= 0.3 is 0 Å². The SMILES string of the molecule is CC(NCc1ccc(C#N)cc1)C(F)F. The number of nitrogens with one attached hydrogen (secondary N) is 1. The number of alkyl halides is 2. The second kappa shape index (κ2) is 5.42. The number of benzene rings is 1. The minimum Gasteiger partial charge on any atom is -0.305 e. The van der Waals surface area contributed by atoms with Crippen LogP contribution in [-0.4, -0.2) is 12.5 Å². The summed E-state index contributed by atoms with van der Waals surface area (Å²) in [4.78, 5) is 0. The third-order valence-electron chi connectivity index (χ3n) is 2.09. The Balaban J connectivity index is 2.48. The van der Waals surface area contributed by atoms with E-state index in [4.69, 9.17) is 5.26 Å². The van der Waals surface area contributed by atoms with Gasteiger partial charge in [0.15, 0.2) is 0 Å². The second-order valence-corrected chi connectivity index (χ2v) is 3.31. The monoisotopic (exact) mass is 210 g/mol. The number of rotatable bonds is 4. The van der Waals surface area contributed by atoms with Gasteiger partial charge in [-0.1, -0.05) is 12.1 Å². The van der Waals surface area contributed by atoms with Gasteiger partial charge in [0.25, 0.3) is 6.43 Å². The minimum atomic E-state index is -2.36. The Labute approximate surface area is 87.5 Å². The zero-order chi connectivity index (χ0) is 11.3. The van der Waals surface area contributed by atoms with E-state index in [0.717, 1.165) is 5.56 Å². The van der Waals surface area contributed by atoms with Gasteiger partial charge in [0, 0.05) is 6.54 Å². The summed E-state index contributed by atoms with van der Waals surface area (Å²) in [7, 11) is 0. The van der Waals surface area contributed by atoms with Gasteiger partial charge in [-0.05, 0) is 24.6 Å². The van der Waals surface area contributed by atoms with Crippen LogP contribution in [-0.2, 0) is 6.54 Å². The van der Waals surface area contributed by atoms with Crippen molar-refractivity contribution in [3.05, 3.63) is 35.4 Å². The molecule has 15 heavy (non-hydrogen) atoms. The molecule has 0 saturated heterocycles. The molecule has 1 rings (SSSR count). The van der Waals surface area contributed by atoms with E-state index in [9.17, 15) is 8.78 Å². The predicted molar refractivity (Wildman–Crippen MR) is 53.5 cm³/mol. The van der Waals surface area contributed by atoms with E-state index in [1.54, 1.807) is 24.3 Å². The molecule has 80 valence electrons. The highest BCUT2D eigenvalue weighted by Gasteiger charge is 2.12. The van der Waals surface area contributed by atoms with Crippen molar-refractivity contribution in [3.8, 4) is 6.07 Å². The minimum absolute atomic E-state index is 0.386. The van der Waals surface area contributed by atoms with Gasteiger partial charge in [-0.2, -0.15) is 5.26 Å². The van der Waals surface area contributed by atoms with Gasteiger partial charge in [0.05, 0.1) is 17.7 Å². The number of hydrogen-bond donors (Lipinski definition) is 1. The van der Waals surface area contributed by atoms with Crippen molar-refractivity contribution in [2.24, 2.45) is 0 Å². The molecule has 2 nitrogen and oxygen atoms in total. The van der Waals surface area contributed by atoms with Crippen molar-refractivity contribution in [3.63, 3.8) is 0 Å². The Morgan fingerprint density at radius 2 is 1.93 bits per heavy atom. The number of halogens is 2. The van der Waals surface area contributed by atoms with E-state index < -0.39 is 12.5 Å². The van der Waals surface area contributed by atoms with Crippen LogP contribution in [0.15, 0.2) is 24.3 Å². The van der Waals surface area contributed by atoms with E-state index in [2.05, 4.69) is 5.32 Å². The number of nitriles is 1. The summed E-state index contributed by atoms with van der Waals surface area (Å²) in [5.41, 5.74) is 1.46. The zero-order valence-corrected chi connectivity index (χ0v) is 8.37. The van der Waals surface area contributed by atoms with Crippen molar-refractivity contribution in [1.82, 2.24) is 5.32 Å². The van der Waals surface area contributed by atoms with Gasteiger partial charge in [0.1, 0.15) is 0 Å². The first-order valence-electron chi connectivity index (χ1n) is 4.64. The maximum absolute atomic E-state index is 12.1. The largest absolute Gasteiger partial charge is 0.305 e. The maximum atomic E-state index is 12.1. The molecule has 1 N–H and O–H groups in total. The molecule has 1 aromatic carbocycles. The van der Waals surface area contributed by atoms with Gasteiger partial charge in [-0.15, -0.1) is 0 Å². The molecule has 0 radical (unpaired) electrons. The normalized spacial score (nSPS) is 12.5. The van der Waals surface area contributed by atoms with E-state index in [1.165, 1.54) is 6.92 Å². The lowest BCUT2D eigenvalue weighted by molar-refractivity contribution is 0.105. The summed E-state index contributed by atoms with van der Waals surface area (Å²) in [6.45, 7) is 1.82. The van der Waals surface area contributed by atoms with E-state index >= 15 is 0 Å². The molecule has 0 heterocycles. The highest BCUT2D eigenvalue weighted by molar-refractivity contribution is 5.31. The highest BCUT2D eigenvalue weighted by atomic mass is 19.3. The van der Waals surface area contributed by atoms with Crippen LogP contribution in [0.4, 0.5) is 8.78 Å². The van der Waals surface area contributed by atoms with Crippen molar-refractivity contribution in [2.75, 3.05) is 0 Å². The van der Waals surface area contributed by atoms with Crippen molar-refractivity contribution in [1.29, 1.82) is 5.26 Å². The molecule has 1 unspecified atom stereocenters. The fraction of sp³-hybridized carbons (Fsp3) is 0.364. The third kappa shape index (κ3) is 3.64. The molecule has 1 aromatic rings. The fourth-order valence-electron chi connectivity index (χ4n) is 1.07. The molecule has 1 atom stereocenters. The number of hydrogen-bond acceptors (Lipinski definition) is 2. The zero-order valence-electron chi connectivity index (χ0n) is 8.37. The van der Waals surface area contributed by atoms with E-state index in [0.29, 0.717) is 12.1 Å². The Hall–Kier alpha value is -1.47. The molecular formula is C11H12F2N2. The van der Waals surface area contributed by atoms with Gasteiger partial charge in [-0.25, -0.2) is 8.78 Å².